The van der Waals surface area contributed by atoms with Gasteiger partial charge < -0.3 is 4.84 Å². The van der Waals surface area contributed by atoms with Crippen LogP contribution in [-0.4, -0.2) is 22.2 Å². The number of amides is 1. The summed E-state index contributed by atoms with van der Waals surface area (Å²) in [6.07, 6.45) is 1.14. The molecule has 6 nitrogen and oxygen atoms in total. The summed E-state index contributed by atoms with van der Waals surface area (Å²) in [6.45, 7) is 6.89. The zero-order valence-corrected chi connectivity index (χ0v) is 16.9. The van der Waals surface area contributed by atoms with Gasteiger partial charge in [0, 0.05) is 13.2 Å². The van der Waals surface area contributed by atoms with Crippen molar-refractivity contribution in [1.82, 2.24) is 15.3 Å². The summed E-state index contributed by atoms with van der Waals surface area (Å²) in [5, 5.41) is 3.79. The Balaban J connectivity index is 1.89. The number of aromatic nitrogens is 2. The van der Waals surface area contributed by atoms with Gasteiger partial charge in [-0.3, -0.25) is 9.48 Å². The summed E-state index contributed by atoms with van der Waals surface area (Å²) in [6, 6.07) is 5.81. The standard InChI is InChI=1S/C21H24F2N4O2/c1-12-10-21(2,3)14-6-5-7-15(17(12)14)27(16-8-9-24-29-16)20(28)13-11-26(4)25-18(13)19(22)23/h5-8,11-12,19,24H,9-10H2,1-4H3. The molecular weight excluding hydrogens is 378 g/mol. The van der Waals surface area contributed by atoms with Gasteiger partial charge in [0.05, 0.1) is 17.8 Å². The fourth-order valence-electron chi connectivity index (χ4n) is 4.54. The molecule has 1 aliphatic heterocycles. The first-order valence-electron chi connectivity index (χ1n) is 9.60. The van der Waals surface area contributed by atoms with Crippen LogP contribution in [0.15, 0.2) is 36.4 Å². The molecule has 2 heterocycles. The fourth-order valence-corrected chi connectivity index (χ4v) is 4.54. The molecular formula is C21H24F2N4O2. The molecule has 0 spiro atoms. The Hall–Kier alpha value is -2.74. The molecule has 0 radical (unpaired) electrons. The molecule has 4 rings (SSSR count). The van der Waals surface area contributed by atoms with E-state index in [4.69, 9.17) is 4.84 Å². The molecule has 1 N–H and O–H groups in total. The second kappa shape index (κ2) is 6.95. The number of alkyl halides is 2. The van der Waals surface area contributed by atoms with Crippen molar-refractivity contribution in [2.24, 2.45) is 7.05 Å². The predicted molar refractivity (Wildman–Crippen MR) is 105 cm³/mol. The molecule has 0 saturated carbocycles. The van der Waals surface area contributed by atoms with Gasteiger partial charge in [0.1, 0.15) is 5.69 Å². The summed E-state index contributed by atoms with van der Waals surface area (Å²) in [5.41, 5.74) is 4.87. The van der Waals surface area contributed by atoms with Crippen LogP contribution in [0.4, 0.5) is 14.5 Å². The fraction of sp³-hybridized carbons (Fsp3) is 0.429. The van der Waals surface area contributed by atoms with Gasteiger partial charge in [-0.25, -0.2) is 13.7 Å². The van der Waals surface area contributed by atoms with E-state index >= 15 is 0 Å². The van der Waals surface area contributed by atoms with E-state index in [0.29, 0.717) is 12.2 Å². The first-order chi connectivity index (χ1) is 13.7. The Labute approximate surface area is 168 Å². The number of hydrogen-bond acceptors (Lipinski definition) is 4. The summed E-state index contributed by atoms with van der Waals surface area (Å²) in [5.74, 6) is -0.0945. The zero-order valence-electron chi connectivity index (χ0n) is 16.9. The Morgan fingerprint density at radius 2 is 2.17 bits per heavy atom. The third kappa shape index (κ3) is 3.21. The summed E-state index contributed by atoms with van der Waals surface area (Å²) in [4.78, 5) is 20.4. The van der Waals surface area contributed by atoms with Crippen molar-refractivity contribution in [2.75, 3.05) is 11.4 Å². The minimum Gasteiger partial charge on any atom is -0.390 e. The lowest BCUT2D eigenvalue weighted by Crippen LogP contribution is -2.33. The van der Waals surface area contributed by atoms with E-state index in [2.05, 4.69) is 37.4 Å². The van der Waals surface area contributed by atoms with E-state index in [1.54, 1.807) is 6.08 Å². The first kappa shape index (κ1) is 19.6. The summed E-state index contributed by atoms with van der Waals surface area (Å²) >= 11 is 0. The number of aryl methyl sites for hydroxylation is 1. The number of nitrogens with one attached hydrogen (secondary N) is 1. The minimum atomic E-state index is -2.85. The van der Waals surface area contributed by atoms with E-state index in [1.807, 2.05) is 12.1 Å². The molecule has 0 bridgehead atoms. The van der Waals surface area contributed by atoms with Gasteiger partial charge in [-0.2, -0.15) is 10.6 Å². The minimum absolute atomic E-state index is 0.0366. The van der Waals surface area contributed by atoms with E-state index in [1.165, 1.54) is 22.8 Å². The van der Waals surface area contributed by atoms with E-state index in [-0.39, 0.29) is 22.8 Å². The monoisotopic (exact) mass is 402 g/mol. The number of fused-ring (bicyclic) bond motifs is 1. The average molecular weight is 402 g/mol. The summed E-state index contributed by atoms with van der Waals surface area (Å²) < 4.78 is 28.3. The van der Waals surface area contributed by atoms with Crippen LogP contribution >= 0.6 is 0 Å². The molecule has 2 aromatic rings. The second-order valence-corrected chi connectivity index (χ2v) is 8.26. The van der Waals surface area contributed by atoms with Crippen LogP contribution in [0.3, 0.4) is 0 Å². The first-order valence-corrected chi connectivity index (χ1v) is 9.60. The van der Waals surface area contributed by atoms with Crippen LogP contribution in [0.25, 0.3) is 0 Å². The molecule has 2 aliphatic rings. The number of halogens is 2. The van der Waals surface area contributed by atoms with Crippen molar-refractivity contribution in [3.8, 4) is 0 Å². The highest BCUT2D eigenvalue weighted by molar-refractivity contribution is 6.09. The third-order valence-corrected chi connectivity index (χ3v) is 5.62. The van der Waals surface area contributed by atoms with Crippen molar-refractivity contribution in [3.05, 3.63) is 58.7 Å². The Morgan fingerprint density at radius 1 is 1.41 bits per heavy atom. The van der Waals surface area contributed by atoms with Gasteiger partial charge in [-0.15, -0.1) is 0 Å². The SMILES string of the molecule is CC1CC(C)(C)c2cccc(N(C(=O)c3cn(C)nc3C(F)F)C3=CCNO3)c21. The van der Waals surface area contributed by atoms with Crippen molar-refractivity contribution in [3.63, 3.8) is 0 Å². The molecule has 1 aromatic carbocycles. The van der Waals surface area contributed by atoms with E-state index in [0.717, 1.165) is 17.5 Å². The van der Waals surface area contributed by atoms with Gasteiger partial charge in [0.25, 0.3) is 12.3 Å². The lowest BCUT2D eigenvalue weighted by molar-refractivity contribution is 0.0912. The van der Waals surface area contributed by atoms with Crippen molar-refractivity contribution >= 4 is 11.6 Å². The van der Waals surface area contributed by atoms with E-state index in [9.17, 15) is 13.6 Å². The maximum absolute atomic E-state index is 13.5. The molecule has 1 aliphatic carbocycles. The molecule has 154 valence electrons. The number of nitrogens with zero attached hydrogens (tertiary/aromatic N) is 3. The highest BCUT2D eigenvalue weighted by Crippen LogP contribution is 2.50. The topological polar surface area (TPSA) is 59.4 Å². The van der Waals surface area contributed by atoms with Crippen LogP contribution < -0.4 is 10.4 Å². The number of carbonyl (C=O) groups excluding carboxylic acids is 1. The quantitative estimate of drug-likeness (QED) is 0.834. The normalized spacial score (nSPS) is 19.8. The number of carbonyl (C=O) groups is 1. The van der Waals surface area contributed by atoms with Crippen molar-refractivity contribution < 1.29 is 18.4 Å². The number of anilines is 1. The van der Waals surface area contributed by atoms with Crippen molar-refractivity contribution in [1.29, 1.82) is 0 Å². The molecule has 0 fully saturated rings. The lowest BCUT2D eigenvalue weighted by Gasteiger charge is -2.26. The third-order valence-electron chi connectivity index (χ3n) is 5.62. The Morgan fingerprint density at radius 3 is 2.83 bits per heavy atom. The largest absolute Gasteiger partial charge is 0.390 e. The average Bonchev–Trinajstić information content (AvgIpc) is 3.35. The molecule has 1 atom stereocenters. The van der Waals surface area contributed by atoms with Gasteiger partial charge >= 0.3 is 0 Å². The maximum Gasteiger partial charge on any atom is 0.282 e. The maximum atomic E-state index is 13.5. The lowest BCUT2D eigenvalue weighted by atomic mass is 9.86. The highest BCUT2D eigenvalue weighted by atomic mass is 19.3. The predicted octanol–water partition coefficient (Wildman–Crippen LogP) is 4.17. The molecule has 1 amide bonds. The number of rotatable bonds is 4. The molecule has 8 heteroatoms. The van der Waals surface area contributed by atoms with Gasteiger partial charge in [-0.1, -0.05) is 32.9 Å². The van der Waals surface area contributed by atoms with Crippen LogP contribution in [0, 0.1) is 0 Å². The Bertz CT molecular complexity index is 997. The highest BCUT2D eigenvalue weighted by Gasteiger charge is 2.40. The van der Waals surface area contributed by atoms with Crippen LogP contribution in [0.5, 0.6) is 0 Å². The molecule has 29 heavy (non-hydrogen) atoms. The second-order valence-electron chi connectivity index (χ2n) is 8.26. The van der Waals surface area contributed by atoms with Crippen LogP contribution in [-0.2, 0) is 17.3 Å². The molecule has 1 aromatic heterocycles. The number of hydrogen-bond donors (Lipinski definition) is 1. The number of hydroxylamine groups is 1. The van der Waals surface area contributed by atoms with Crippen LogP contribution in [0.1, 0.15) is 66.7 Å². The summed E-state index contributed by atoms with van der Waals surface area (Å²) in [7, 11) is 1.52. The van der Waals surface area contributed by atoms with E-state index < -0.39 is 18.0 Å². The van der Waals surface area contributed by atoms with Crippen molar-refractivity contribution in [2.45, 2.75) is 45.0 Å². The van der Waals surface area contributed by atoms with Gasteiger partial charge in [-0.05, 0) is 41.0 Å². The smallest absolute Gasteiger partial charge is 0.282 e. The number of benzene rings is 1. The molecule has 0 saturated heterocycles. The Kier molecular flexibility index (Phi) is 4.69. The van der Waals surface area contributed by atoms with Gasteiger partial charge in [0.2, 0.25) is 5.88 Å². The zero-order chi connectivity index (χ0) is 20.9. The van der Waals surface area contributed by atoms with Gasteiger partial charge in [0.15, 0.2) is 0 Å². The molecule has 1 unspecified atom stereocenters. The van der Waals surface area contributed by atoms with Crippen LogP contribution in [0.2, 0.25) is 0 Å².